The van der Waals surface area contributed by atoms with Crippen molar-refractivity contribution in [3.05, 3.63) is 65.7 Å². The highest BCUT2D eigenvalue weighted by molar-refractivity contribution is 8.01. The highest BCUT2D eigenvalue weighted by atomic mass is 35.5. The molecule has 0 saturated carbocycles. The molecular weight excluding hydrogens is 348 g/mol. The maximum absolute atomic E-state index is 12.3. The van der Waals surface area contributed by atoms with Gasteiger partial charge in [-0.2, -0.15) is 0 Å². The lowest BCUT2D eigenvalue weighted by Crippen LogP contribution is -2.11. The highest BCUT2D eigenvalue weighted by Gasteiger charge is 2.09. The third kappa shape index (κ3) is 3.93. The quantitative estimate of drug-likeness (QED) is 0.484. The Kier molecular flexibility index (Phi) is 5.00. The summed E-state index contributed by atoms with van der Waals surface area (Å²) in [6, 6.07) is 12.6. The first-order chi connectivity index (χ1) is 11.2. The Morgan fingerprint density at radius 2 is 2.22 bits per heavy atom. The third-order valence-corrected chi connectivity index (χ3v) is 5.43. The Bertz CT molecular complexity index is 876. The minimum Gasteiger partial charge on any atom is -0.322 e. The lowest BCUT2D eigenvalue weighted by molar-refractivity contribution is 0.102. The van der Waals surface area contributed by atoms with Crippen molar-refractivity contribution >= 4 is 56.5 Å². The Labute approximate surface area is 147 Å². The number of halogens is 1. The SMILES string of the molecule is C=CCSc1nc2ccc(NC(=O)c3cccc(Cl)c3)cc2s1. The van der Waals surface area contributed by atoms with Crippen molar-refractivity contribution in [2.45, 2.75) is 4.34 Å². The van der Waals surface area contributed by atoms with E-state index in [9.17, 15) is 4.79 Å². The van der Waals surface area contributed by atoms with Gasteiger partial charge in [-0.3, -0.25) is 4.79 Å². The number of benzene rings is 2. The van der Waals surface area contributed by atoms with Crippen LogP contribution in [0.4, 0.5) is 5.69 Å². The van der Waals surface area contributed by atoms with Crippen LogP contribution >= 0.6 is 34.7 Å². The molecule has 3 nitrogen and oxygen atoms in total. The summed E-state index contributed by atoms with van der Waals surface area (Å²) in [5, 5.41) is 3.43. The number of carbonyl (C=O) groups excluding carboxylic acids is 1. The van der Waals surface area contributed by atoms with Gasteiger partial charge in [0.05, 0.1) is 10.2 Å². The zero-order valence-electron chi connectivity index (χ0n) is 12.1. The van der Waals surface area contributed by atoms with Gasteiger partial charge in [0.15, 0.2) is 4.34 Å². The molecule has 1 heterocycles. The summed E-state index contributed by atoms with van der Waals surface area (Å²) in [5.74, 6) is 0.649. The second-order valence-corrected chi connectivity index (χ2v) is 7.46. The van der Waals surface area contributed by atoms with E-state index in [-0.39, 0.29) is 5.91 Å². The van der Waals surface area contributed by atoms with Crippen LogP contribution in [-0.4, -0.2) is 16.6 Å². The molecule has 0 spiro atoms. The number of nitrogens with one attached hydrogen (secondary N) is 1. The normalized spacial score (nSPS) is 10.7. The predicted molar refractivity (Wildman–Crippen MR) is 99.9 cm³/mol. The molecule has 3 rings (SSSR count). The second-order valence-electron chi connectivity index (χ2n) is 4.73. The van der Waals surface area contributed by atoms with E-state index in [0.717, 1.165) is 26.0 Å². The number of aromatic nitrogens is 1. The number of hydrogen-bond acceptors (Lipinski definition) is 4. The van der Waals surface area contributed by atoms with E-state index >= 15 is 0 Å². The number of rotatable bonds is 5. The van der Waals surface area contributed by atoms with E-state index in [1.807, 2.05) is 24.3 Å². The summed E-state index contributed by atoms with van der Waals surface area (Å²) in [6.07, 6.45) is 1.85. The zero-order chi connectivity index (χ0) is 16.2. The number of thiazole rings is 1. The molecule has 3 aromatic rings. The second kappa shape index (κ2) is 7.17. The molecule has 0 aliphatic carbocycles. The molecule has 116 valence electrons. The van der Waals surface area contributed by atoms with Crippen molar-refractivity contribution < 1.29 is 4.79 Å². The average molecular weight is 361 g/mol. The number of fused-ring (bicyclic) bond motifs is 1. The van der Waals surface area contributed by atoms with Crippen LogP contribution in [0.3, 0.4) is 0 Å². The lowest BCUT2D eigenvalue weighted by Gasteiger charge is -2.05. The molecular formula is C17H13ClN2OS2. The summed E-state index contributed by atoms with van der Waals surface area (Å²) >= 11 is 9.18. The molecule has 0 atom stereocenters. The van der Waals surface area contributed by atoms with E-state index in [1.165, 1.54) is 0 Å². The van der Waals surface area contributed by atoms with Gasteiger partial charge < -0.3 is 5.32 Å². The third-order valence-electron chi connectivity index (χ3n) is 3.04. The Morgan fingerprint density at radius 1 is 1.35 bits per heavy atom. The van der Waals surface area contributed by atoms with Crippen LogP contribution in [0.5, 0.6) is 0 Å². The molecule has 6 heteroatoms. The lowest BCUT2D eigenvalue weighted by atomic mass is 10.2. The Morgan fingerprint density at radius 3 is 3.00 bits per heavy atom. The molecule has 0 bridgehead atoms. The Balaban J connectivity index is 1.80. The Hall–Kier alpha value is -1.82. The monoisotopic (exact) mass is 360 g/mol. The number of anilines is 1. The molecule has 1 amide bonds. The standard InChI is InChI=1S/C17H13ClN2OS2/c1-2-8-22-17-20-14-7-6-13(10-15(14)23-17)19-16(21)11-4-3-5-12(18)9-11/h2-7,9-10H,1,8H2,(H,19,21). The molecule has 2 aromatic carbocycles. The molecule has 1 N–H and O–H groups in total. The van der Waals surface area contributed by atoms with E-state index in [4.69, 9.17) is 11.6 Å². The number of thioether (sulfide) groups is 1. The van der Waals surface area contributed by atoms with Gasteiger partial charge in [-0.1, -0.05) is 35.5 Å². The van der Waals surface area contributed by atoms with Gasteiger partial charge in [0.25, 0.3) is 5.91 Å². The van der Waals surface area contributed by atoms with Crippen LogP contribution in [0.2, 0.25) is 5.02 Å². The van der Waals surface area contributed by atoms with Gasteiger partial charge in [0, 0.05) is 22.0 Å². The van der Waals surface area contributed by atoms with Crippen molar-refractivity contribution in [1.82, 2.24) is 4.98 Å². The van der Waals surface area contributed by atoms with Crippen LogP contribution in [-0.2, 0) is 0 Å². The van der Waals surface area contributed by atoms with E-state index in [2.05, 4.69) is 16.9 Å². The van der Waals surface area contributed by atoms with Crippen LogP contribution in [0.1, 0.15) is 10.4 Å². The molecule has 0 aliphatic heterocycles. The molecule has 0 fully saturated rings. The maximum Gasteiger partial charge on any atom is 0.255 e. The fourth-order valence-electron chi connectivity index (χ4n) is 2.01. The average Bonchev–Trinajstić information content (AvgIpc) is 2.95. The first-order valence-corrected chi connectivity index (χ1v) is 9.05. The van der Waals surface area contributed by atoms with Gasteiger partial charge in [-0.15, -0.1) is 17.9 Å². The number of amides is 1. The van der Waals surface area contributed by atoms with Crippen molar-refractivity contribution in [1.29, 1.82) is 0 Å². The molecule has 0 radical (unpaired) electrons. The fourth-order valence-corrected chi connectivity index (χ4v) is 4.07. The topological polar surface area (TPSA) is 42.0 Å². The molecule has 23 heavy (non-hydrogen) atoms. The summed E-state index contributed by atoms with van der Waals surface area (Å²) < 4.78 is 2.04. The molecule has 0 aliphatic rings. The van der Waals surface area contributed by atoms with Gasteiger partial charge in [0.1, 0.15) is 0 Å². The van der Waals surface area contributed by atoms with Crippen molar-refractivity contribution in [2.24, 2.45) is 0 Å². The molecule has 0 saturated heterocycles. The molecule has 1 aromatic heterocycles. The summed E-state index contributed by atoms with van der Waals surface area (Å²) in [4.78, 5) is 16.8. The van der Waals surface area contributed by atoms with Crippen LogP contribution in [0, 0.1) is 0 Å². The largest absolute Gasteiger partial charge is 0.322 e. The minimum absolute atomic E-state index is 0.183. The fraction of sp³-hybridized carbons (Fsp3) is 0.0588. The van der Waals surface area contributed by atoms with Gasteiger partial charge in [-0.05, 0) is 36.4 Å². The molecule has 0 unspecified atom stereocenters. The van der Waals surface area contributed by atoms with Crippen molar-refractivity contribution in [3.63, 3.8) is 0 Å². The number of carbonyl (C=O) groups is 1. The maximum atomic E-state index is 12.3. The van der Waals surface area contributed by atoms with Gasteiger partial charge >= 0.3 is 0 Å². The summed E-state index contributed by atoms with van der Waals surface area (Å²) in [7, 11) is 0. The summed E-state index contributed by atoms with van der Waals surface area (Å²) in [6.45, 7) is 3.71. The predicted octanol–water partition coefficient (Wildman–Crippen LogP) is 5.48. The smallest absolute Gasteiger partial charge is 0.255 e. The first-order valence-electron chi connectivity index (χ1n) is 6.87. The van der Waals surface area contributed by atoms with Crippen molar-refractivity contribution in [3.8, 4) is 0 Å². The van der Waals surface area contributed by atoms with Crippen LogP contribution < -0.4 is 5.32 Å². The summed E-state index contributed by atoms with van der Waals surface area (Å²) in [5.41, 5.74) is 2.21. The number of hydrogen-bond donors (Lipinski definition) is 1. The van der Waals surface area contributed by atoms with E-state index in [0.29, 0.717) is 10.6 Å². The highest BCUT2D eigenvalue weighted by Crippen LogP contribution is 2.31. The first kappa shape index (κ1) is 16.1. The van der Waals surface area contributed by atoms with Crippen LogP contribution in [0.25, 0.3) is 10.2 Å². The van der Waals surface area contributed by atoms with Crippen molar-refractivity contribution in [2.75, 3.05) is 11.1 Å². The van der Waals surface area contributed by atoms with E-state index in [1.54, 1.807) is 47.4 Å². The minimum atomic E-state index is -0.183. The zero-order valence-corrected chi connectivity index (χ0v) is 14.5. The van der Waals surface area contributed by atoms with Gasteiger partial charge in [0.2, 0.25) is 0 Å². The van der Waals surface area contributed by atoms with E-state index < -0.39 is 0 Å². The van der Waals surface area contributed by atoms with Gasteiger partial charge in [-0.25, -0.2) is 4.98 Å². The number of nitrogens with zero attached hydrogens (tertiary/aromatic N) is 1. The van der Waals surface area contributed by atoms with Crippen LogP contribution in [0.15, 0.2) is 59.5 Å².